The third-order valence-corrected chi connectivity index (χ3v) is 5.18. The molecule has 0 aromatic heterocycles. The Morgan fingerprint density at radius 3 is 2.47 bits per heavy atom. The molecule has 0 saturated carbocycles. The van der Waals surface area contributed by atoms with E-state index in [4.69, 9.17) is 5.14 Å². The molecule has 0 heterocycles. The highest BCUT2D eigenvalue weighted by molar-refractivity contribution is 7.98. The van der Waals surface area contributed by atoms with E-state index in [1.165, 1.54) is 5.56 Å². The molecule has 96 valence electrons. The molecule has 2 N–H and O–H groups in total. The van der Waals surface area contributed by atoms with Gasteiger partial charge in [0.1, 0.15) is 0 Å². The van der Waals surface area contributed by atoms with Crippen LogP contribution in [-0.2, 0) is 15.8 Å². The van der Waals surface area contributed by atoms with E-state index in [1.54, 1.807) is 11.8 Å². The van der Waals surface area contributed by atoms with Gasteiger partial charge in [-0.1, -0.05) is 37.3 Å². The van der Waals surface area contributed by atoms with Crippen LogP contribution in [0.5, 0.6) is 0 Å². The van der Waals surface area contributed by atoms with Crippen molar-refractivity contribution in [3.8, 4) is 0 Å². The van der Waals surface area contributed by atoms with Gasteiger partial charge >= 0.3 is 0 Å². The summed E-state index contributed by atoms with van der Waals surface area (Å²) >= 11 is 1.75. The SMILES string of the molecule is CCC(CCSCc1ccccc1)S(N)(=O)=O. The van der Waals surface area contributed by atoms with Crippen molar-refractivity contribution in [2.24, 2.45) is 5.14 Å². The number of primary sulfonamides is 1. The lowest BCUT2D eigenvalue weighted by molar-refractivity contribution is 0.574. The van der Waals surface area contributed by atoms with E-state index in [2.05, 4.69) is 12.1 Å². The highest BCUT2D eigenvalue weighted by Crippen LogP contribution is 2.16. The van der Waals surface area contributed by atoms with Gasteiger partial charge in [-0.2, -0.15) is 11.8 Å². The Bertz CT molecular complexity index is 417. The molecule has 1 rings (SSSR count). The number of hydrogen-bond acceptors (Lipinski definition) is 3. The average molecular weight is 273 g/mol. The Morgan fingerprint density at radius 1 is 1.29 bits per heavy atom. The minimum absolute atomic E-state index is 0.397. The zero-order valence-electron chi connectivity index (χ0n) is 10.0. The van der Waals surface area contributed by atoms with Gasteiger partial charge in [0.05, 0.1) is 5.25 Å². The van der Waals surface area contributed by atoms with Crippen LogP contribution in [0.15, 0.2) is 30.3 Å². The topological polar surface area (TPSA) is 60.2 Å². The van der Waals surface area contributed by atoms with E-state index in [0.717, 1.165) is 11.5 Å². The van der Waals surface area contributed by atoms with Crippen LogP contribution in [0.1, 0.15) is 25.3 Å². The van der Waals surface area contributed by atoms with Gasteiger partial charge in [-0.15, -0.1) is 0 Å². The maximum absolute atomic E-state index is 11.2. The van der Waals surface area contributed by atoms with E-state index in [1.807, 2.05) is 25.1 Å². The van der Waals surface area contributed by atoms with E-state index in [-0.39, 0.29) is 0 Å². The molecule has 1 unspecified atom stereocenters. The largest absolute Gasteiger partial charge is 0.228 e. The van der Waals surface area contributed by atoms with Crippen molar-refractivity contribution < 1.29 is 8.42 Å². The molecule has 1 aromatic rings. The molecular weight excluding hydrogens is 254 g/mol. The fourth-order valence-electron chi connectivity index (χ4n) is 1.58. The Balaban J connectivity index is 2.29. The second-order valence-corrected chi connectivity index (χ2v) is 6.90. The van der Waals surface area contributed by atoms with E-state index in [0.29, 0.717) is 12.8 Å². The lowest BCUT2D eigenvalue weighted by atomic mass is 10.2. The molecule has 17 heavy (non-hydrogen) atoms. The normalized spacial score (nSPS) is 13.5. The van der Waals surface area contributed by atoms with Crippen LogP contribution in [0.25, 0.3) is 0 Å². The third kappa shape index (κ3) is 5.57. The predicted octanol–water partition coefficient (Wildman–Crippen LogP) is 2.38. The van der Waals surface area contributed by atoms with Crippen LogP contribution in [0.2, 0.25) is 0 Å². The van der Waals surface area contributed by atoms with Crippen molar-refractivity contribution in [1.29, 1.82) is 0 Å². The van der Waals surface area contributed by atoms with E-state index >= 15 is 0 Å². The number of sulfonamides is 1. The first kappa shape index (κ1) is 14.5. The van der Waals surface area contributed by atoms with Crippen LogP contribution in [0, 0.1) is 0 Å². The zero-order valence-corrected chi connectivity index (χ0v) is 11.6. The second-order valence-electron chi connectivity index (χ2n) is 3.95. The van der Waals surface area contributed by atoms with Crippen molar-refractivity contribution in [1.82, 2.24) is 0 Å². The Kier molecular flexibility index (Phi) is 6.02. The van der Waals surface area contributed by atoms with Gasteiger partial charge in [0.15, 0.2) is 0 Å². The summed E-state index contributed by atoms with van der Waals surface area (Å²) in [6.45, 7) is 1.86. The first-order valence-electron chi connectivity index (χ1n) is 5.67. The third-order valence-electron chi connectivity index (χ3n) is 2.62. The summed E-state index contributed by atoms with van der Waals surface area (Å²) in [5.41, 5.74) is 1.26. The number of thioether (sulfide) groups is 1. The lowest BCUT2D eigenvalue weighted by Gasteiger charge is -2.11. The standard InChI is InChI=1S/C12H19NO2S2/c1-2-12(17(13,14)15)8-9-16-10-11-6-4-3-5-7-11/h3-7,12H,2,8-10H2,1H3,(H2,13,14,15). The zero-order chi connectivity index (χ0) is 12.7. The van der Waals surface area contributed by atoms with Crippen LogP contribution >= 0.6 is 11.8 Å². The minimum atomic E-state index is -3.37. The van der Waals surface area contributed by atoms with Crippen molar-refractivity contribution >= 4 is 21.8 Å². The monoisotopic (exact) mass is 273 g/mol. The van der Waals surface area contributed by atoms with Gasteiger partial charge in [0.25, 0.3) is 0 Å². The summed E-state index contributed by atoms with van der Waals surface area (Å²) in [7, 11) is -3.37. The fraction of sp³-hybridized carbons (Fsp3) is 0.500. The molecule has 0 aliphatic heterocycles. The maximum atomic E-state index is 11.2. The molecule has 5 heteroatoms. The summed E-state index contributed by atoms with van der Waals surface area (Å²) < 4.78 is 22.4. The lowest BCUT2D eigenvalue weighted by Crippen LogP contribution is -2.28. The molecule has 3 nitrogen and oxygen atoms in total. The molecule has 0 saturated heterocycles. The van der Waals surface area contributed by atoms with Crippen LogP contribution < -0.4 is 5.14 Å². The average Bonchev–Trinajstić information content (AvgIpc) is 2.28. The van der Waals surface area contributed by atoms with Gasteiger partial charge in [0, 0.05) is 5.75 Å². The molecule has 1 aromatic carbocycles. The number of nitrogens with two attached hydrogens (primary N) is 1. The quantitative estimate of drug-likeness (QED) is 0.776. The van der Waals surface area contributed by atoms with Gasteiger partial charge < -0.3 is 0 Å². The summed E-state index contributed by atoms with van der Waals surface area (Å²) in [5.74, 6) is 1.74. The number of benzene rings is 1. The highest BCUT2D eigenvalue weighted by Gasteiger charge is 2.18. The maximum Gasteiger partial charge on any atom is 0.211 e. The molecule has 0 aliphatic carbocycles. The van der Waals surface area contributed by atoms with Crippen LogP contribution in [0.3, 0.4) is 0 Å². The van der Waals surface area contributed by atoms with Crippen molar-refractivity contribution in [3.63, 3.8) is 0 Å². The van der Waals surface area contributed by atoms with Crippen LogP contribution in [-0.4, -0.2) is 19.4 Å². The molecule has 0 spiro atoms. The van der Waals surface area contributed by atoms with Gasteiger partial charge in [-0.05, 0) is 24.2 Å². The molecule has 0 fully saturated rings. The Hall–Kier alpha value is -0.520. The van der Waals surface area contributed by atoms with Gasteiger partial charge in [0.2, 0.25) is 10.0 Å². The van der Waals surface area contributed by atoms with Crippen molar-refractivity contribution in [2.45, 2.75) is 30.8 Å². The summed E-state index contributed by atoms with van der Waals surface area (Å²) in [4.78, 5) is 0. The highest BCUT2D eigenvalue weighted by atomic mass is 32.2. The fourth-order valence-corrected chi connectivity index (χ4v) is 3.66. The first-order valence-corrected chi connectivity index (χ1v) is 8.43. The second kappa shape index (κ2) is 7.03. The van der Waals surface area contributed by atoms with Crippen molar-refractivity contribution in [3.05, 3.63) is 35.9 Å². The molecule has 1 atom stereocenters. The van der Waals surface area contributed by atoms with Gasteiger partial charge in [-0.3, -0.25) is 0 Å². The van der Waals surface area contributed by atoms with Gasteiger partial charge in [-0.25, -0.2) is 13.6 Å². The molecule has 0 amide bonds. The molecule has 0 radical (unpaired) electrons. The summed E-state index contributed by atoms with van der Waals surface area (Å²) in [5, 5.41) is 4.75. The van der Waals surface area contributed by atoms with E-state index in [9.17, 15) is 8.42 Å². The number of hydrogen-bond donors (Lipinski definition) is 1. The Labute approximate surface area is 108 Å². The molecular formula is C12H19NO2S2. The predicted molar refractivity (Wildman–Crippen MR) is 74.4 cm³/mol. The first-order chi connectivity index (χ1) is 8.04. The Morgan fingerprint density at radius 2 is 1.94 bits per heavy atom. The number of rotatable bonds is 7. The van der Waals surface area contributed by atoms with Crippen molar-refractivity contribution in [2.75, 3.05) is 5.75 Å². The van der Waals surface area contributed by atoms with Crippen LogP contribution in [0.4, 0.5) is 0 Å². The molecule has 0 bridgehead atoms. The summed E-state index contributed by atoms with van der Waals surface area (Å²) in [6, 6.07) is 10.2. The van der Waals surface area contributed by atoms with E-state index < -0.39 is 15.3 Å². The minimum Gasteiger partial charge on any atom is -0.228 e. The molecule has 0 aliphatic rings. The smallest absolute Gasteiger partial charge is 0.211 e. The summed E-state index contributed by atoms with van der Waals surface area (Å²) in [6.07, 6.45) is 1.22.